The van der Waals surface area contributed by atoms with Gasteiger partial charge < -0.3 is 9.53 Å². The van der Waals surface area contributed by atoms with E-state index in [1.807, 2.05) is 0 Å². The van der Waals surface area contributed by atoms with Gasteiger partial charge in [0.05, 0.1) is 5.38 Å². The molecular weight excluding hydrogens is 132 g/mol. The minimum absolute atomic E-state index is 0.315. The Bertz CT molecular complexity index is 108. The Morgan fingerprint density at radius 2 is 2.33 bits per heavy atom. The number of hydrogen-bond donors (Lipinski definition) is 1. The highest BCUT2D eigenvalue weighted by atomic mass is 28.3. The van der Waals surface area contributed by atoms with Gasteiger partial charge in [0, 0.05) is 6.61 Å². The summed E-state index contributed by atoms with van der Waals surface area (Å²) in [6.45, 7) is 4.30. The van der Waals surface area contributed by atoms with Crippen LogP contribution in [-0.4, -0.2) is 20.8 Å². The van der Waals surface area contributed by atoms with E-state index in [4.69, 9.17) is 9.53 Å². The zero-order valence-electron chi connectivity index (χ0n) is 5.47. The molecule has 1 saturated heterocycles. The van der Waals surface area contributed by atoms with E-state index >= 15 is 0 Å². The lowest BCUT2D eigenvalue weighted by Crippen LogP contribution is -2.25. The van der Waals surface area contributed by atoms with Gasteiger partial charge in [0.15, 0.2) is 0 Å². The van der Waals surface area contributed by atoms with Crippen LogP contribution in [0, 0.1) is 0 Å². The van der Waals surface area contributed by atoms with E-state index in [9.17, 15) is 0 Å². The van der Waals surface area contributed by atoms with E-state index in [0.29, 0.717) is 5.38 Å². The van der Waals surface area contributed by atoms with Crippen molar-refractivity contribution in [1.29, 1.82) is 0 Å². The van der Waals surface area contributed by atoms with Crippen LogP contribution in [0.25, 0.3) is 0 Å². The van der Waals surface area contributed by atoms with Gasteiger partial charge in [0.1, 0.15) is 0 Å². The van der Waals surface area contributed by atoms with Crippen LogP contribution in [-0.2, 0) is 4.43 Å². The lowest BCUT2D eigenvalue weighted by Gasteiger charge is -2.19. The van der Waals surface area contributed by atoms with Crippen molar-refractivity contribution in [1.82, 2.24) is 0 Å². The van der Waals surface area contributed by atoms with Gasteiger partial charge in [0.25, 0.3) is 0 Å². The topological polar surface area (TPSA) is 29.5 Å². The molecule has 0 aromatic carbocycles. The molecule has 0 radical (unpaired) electrons. The molecular formula is C6H12O2Si. The molecule has 52 valence electrons. The molecule has 3 heteroatoms. The minimum atomic E-state index is -1.34. The molecule has 1 rings (SSSR count). The molecule has 0 amide bonds. The molecule has 0 aliphatic carbocycles. The van der Waals surface area contributed by atoms with Crippen LogP contribution in [0.3, 0.4) is 0 Å². The number of aliphatic hydroxyl groups is 1. The standard InChI is InChI=1S/C6H12O2Si/c1-6(7)9-5-3-2-4-8-9/h7,9H,1-5H2. The second-order valence-electron chi connectivity index (χ2n) is 2.35. The van der Waals surface area contributed by atoms with Crippen molar-refractivity contribution in [2.75, 3.05) is 6.61 Å². The smallest absolute Gasteiger partial charge is 0.246 e. The molecule has 1 heterocycles. The quantitative estimate of drug-likeness (QED) is 0.441. The summed E-state index contributed by atoms with van der Waals surface area (Å²) in [6, 6.07) is 1.06. The van der Waals surface area contributed by atoms with Crippen LogP contribution in [0.15, 0.2) is 12.0 Å². The Morgan fingerprint density at radius 3 is 2.67 bits per heavy atom. The van der Waals surface area contributed by atoms with Crippen molar-refractivity contribution in [2.45, 2.75) is 18.9 Å². The molecule has 0 saturated carbocycles. The molecule has 1 fully saturated rings. The summed E-state index contributed by atoms with van der Waals surface area (Å²) in [4.78, 5) is 0. The zero-order chi connectivity index (χ0) is 6.69. The van der Waals surface area contributed by atoms with Crippen molar-refractivity contribution < 1.29 is 9.53 Å². The van der Waals surface area contributed by atoms with Gasteiger partial charge in [-0.25, -0.2) is 0 Å². The Labute approximate surface area is 56.9 Å². The van der Waals surface area contributed by atoms with Crippen molar-refractivity contribution in [3.8, 4) is 0 Å². The molecule has 2 nitrogen and oxygen atoms in total. The van der Waals surface area contributed by atoms with Gasteiger partial charge in [-0.3, -0.25) is 0 Å². The van der Waals surface area contributed by atoms with E-state index in [2.05, 4.69) is 6.58 Å². The fraction of sp³-hybridized carbons (Fsp3) is 0.667. The van der Waals surface area contributed by atoms with Crippen LogP contribution >= 0.6 is 0 Å². The highest BCUT2D eigenvalue weighted by molar-refractivity contribution is 6.59. The summed E-state index contributed by atoms with van der Waals surface area (Å²) >= 11 is 0. The van der Waals surface area contributed by atoms with Gasteiger partial charge in [-0.1, -0.05) is 13.0 Å². The molecule has 1 atom stereocenters. The minimum Gasteiger partial charge on any atom is -0.515 e. The van der Waals surface area contributed by atoms with Crippen LogP contribution in [0.4, 0.5) is 0 Å². The Kier molecular flexibility index (Phi) is 2.30. The molecule has 1 aliphatic heterocycles. The molecule has 0 aromatic rings. The molecule has 1 N–H and O–H groups in total. The average molecular weight is 144 g/mol. The first-order valence-electron chi connectivity index (χ1n) is 3.30. The van der Waals surface area contributed by atoms with E-state index in [-0.39, 0.29) is 0 Å². The third kappa shape index (κ3) is 1.84. The summed E-state index contributed by atoms with van der Waals surface area (Å²) in [5.41, 5.74) is 0. The van der Waals surface area contributed by atoms with E-state index in [0.717, 1.165) is 19.1 Å². The summed E-state index contributed by atoms with van der Waals surface area (Å²) in [7, 11) is -1.34. The molecule has 0 bridgehead atoms. The van der Waals surface area contributed by atoms with Crippen LogP contribution < -0.4 is 0 Å². The van der Waals surface area contributed by atoms with Crippen LogP contribution in [0.2, 0.25) is 6.04 Å². The van der Waals surface area contributed by atoms with E-state index in [1.165, 1.54) is 6.42 Å². The first-order valence-corrected chi connectivity index (χ1v) is 5.16. The molecule has 0 aromatic heterocycles. The Hall–Kier alpha value is -0.283. The number of hydrogen-bond acceptors (Lipinski definition) is 2. The Balaban J connectivity index is 2.31. The third-order valence-corrected chi connectivity index (χ3v) is 3.87. The summed E-state index contributed by atoms with van der Waals surface area (Å²) < 4.78 is 5.33. The van der Waals surface area contributed by atoms with Crippen molar-refractivity contribution in [3.05, 3.63) is 12.0 Å². The van der Waals surface area contributed by atoms with Gasteiger partial charge in [-0.2, -0.15) is 0 Å². The predicted octanol–water partition coefficient (Wildman–Crippen LogP) is 1.13. The second-order valence-corrected chi connectivity index (χ2v) is 4.90. The summed E-state index contributed by atoms with van der Waals surface area (Å²) in [6.07, 6.45) is 2.35. The fourth-order valence-corrected chi connectivity index (χ4v) is 2.81. The maximum atomic E-state index is 8.92. The lowest BCUT2D eigenvalue weighted by atomic mass is 10.4. The molecule has 1 unspecified atom stereocenters. The largest absolute Gasteiger partial charge is 0.515 e. The van der Waals surface area contributed by atoms with E-state index < -0.39 is 9.04 Å². The van der Waals surface area contributed by atoms with Gasteiger partial charge in [-0.05, 0) is 12.5 Å². The number of aliphatic hydroxyl groups excluding tert-OH is 1. The van der Waals surface area contributed by atoms with Gasteiger partial charge in [-0.15, -0.1) is 0 Å². The maximum Gasteiger partial charge on any atom is 0.246 e. The van der Waals surface area contributed by atoms with Crippen molar-refractivity contribution >= 4 is 9.04 Å². The predicted molar refractivity (Wildman–Crippen MR) is 38.9 cm³/mol. The SMILES string of the molecule is C=C(O)[SiH]1CCCCO1. The summed E-state index contributed by atoms with van der Waals surface area (Å²) in [5.74, 6) is 0. The molecule has 1 aliphatic rings. The zero-order valence-corrected chi connectivity index (χ0v) is 6.62. The van der Waals surface area contributed by atoms with E-state index in [1.54, 1.807) is 0 Å². The monoisotopic (exact) mass is 144 g/mol. The number of rotatable bonds is 1. The Morgan fingerprint density at radius 1 is 1.56 bits per heavy atom. The highest BCUT2D eigenvalue weighted by Crippen LogP contribution is 2.13. The van der Waals surface area contributed by atoms with Crippen LogP contribution in [0.5, 0.6) is 0 Å². The molecule has 0 spiro atoms. The fourth-order valence-electron chi connectivity index (χ4n) is 1.00. The first kappa shape index (κ1) is 6.83. The maximum absolute atomic E-state index is 8.92. The summed E-state index contributed by atoms with van der Waals surface area (Å²) in [5, 5.41) is 9.23. The van der Waals surface area contributed by atoms with Gasteiger partial charge in [0.2, 0.25) is 9.04 Å². The first-order chi connectivity index (χ1) is 4.30. The van der Waals surface area contributed by atoms with Crippen molar-refractivity contribution in [2.24, 2.45) is 0 Å². The lowest BCUT2D eigenvalue weighted by molar-refractivity contribution is 0.276. The average Bonchev–Trinajstić information content (AvgIpc) is 1.90. The highest BCUT2D eigenvalue weighted by Gasteiger charge is 2.18. The van der Waals surface area contributed by atoms with Crippen molar-refractivity contribution in [3.63, 3.8) is 0 Å². The van der Waals surface area contributed by atoms with Crippen LogP contribution in [0.1, 0.15) is 12.8 Å². The second kappa shape index (κ2) is 3.03. The van der Waals surface area contributed by atoms with Gasteiger partial charge >= 0.3 is 0 Å². The third-order valence-electron chi connectivity index (χ3n) is 1.55. The molecule has 9 heavy (non-hydrogen) atoms. The normalized spacial score (nSPS) is 27.8.